The number of hydrogen-bond donors (Lipinski definition) is 2. The average Bonchev–Trinajstić information content (AvgIpc) is 2.75. The molecule has 0 saturated carbocycles. The molecule has 3 rings (SSSR count). The Morgan fingerprint density at radius 3 is 2.32 bits per heavy atom. The molecule has 0 aromatic heterocycles. The Morgan fingerprint density at radius 2 is 1.65 bits per heavy atom. The van der Waals surface area contributed by atoms with E-state index in [4.69, 9.17) is 32.7 Å². The van der Waals surface area contributed by atoms with Gasteiger partial charge in [-0.15, -0.1) is 0 Å². The maximum atomic E-state index is 12.9. The fourth-order valence-corrected chi connectivity index (χ4v) is 4.64. The Morgan fingerprint density at radius 1 is 0.903 bits per heavy atom. The molecule has 0 spiro atoms. The maximum Gasteiger partial charge on any atom is 0.263 e. The van der Waals surface area contributed by atoms with Crippen LogP contribution in [0.2, 0.25) is 10.0 Å². The van der Waals surface area contributed by atoms with Crippen molar-refractivity contribution in [1.82, 2.24) is 0 Å². The van der Waals surface area contributed by atoms with Crippen molar-refractivity contribution >= 4 is 50.5 Å². The van der Waals surface area contributed by atoms with Gasteiger partial charge in [0, 0.05) is 5.69 Å². The van der Waals surface area contributed by atoms with Crippen molar-refractivity contribution in [1.29, 1.82) is 0 Å². The van der Waals surface area contributed by atoms with E-state index in [1.165, 1.54) is 38.5 Å². The quantitative estimate of drug-likeness (QED) is 0.492. The minimum absolute atomic E-state index is 0.0171. The van der Waals surface area contributed by atoms with Crippen molar-refractivity contribution < 1.29 is 22.7 Å². The Kier molecular flexibility index (Phi) is 6.94. The zero-order valence-electron chi connectivity index (χ0n) is 16.5. The number of halogens is 2. The summed E-state index contributed by atoms with van der Waals surface area (Å²) in [4.78, 5) is 12.6. The van der Waals surface area contributed by atoms with Gasteiger partial charge >= 0.3 is 0 Å². The van der Waals surface area contributed by atoms with E-state index in [-0.39, 0.29) is 37.6 Å². The van der Waals surface area contributed by atoms with E-state index in [1.807, 2.05) is 0 Å². The van der Waals surface area contributed by atoms with Gasteiger partial charge in [0.25, 0.3) is 15.9 Å². The van der Waals surface area contributed by atoms with Crippen molar-refractivity contribution in [3.8, 4) is 11.5 Å². The molecule has 1 amide bonds. The summed E-state index contributed by atoms with van der Waals surface area (Å²) in [5.74, 6) is 0.128. The SMILES string of the molecule is COc1cccc(C(=O)Nc2ccc(Cl)c(S(=O)(=O)Nc3ccccc3Cl)c2)c1OC. The molecule has 0 bridgehead atoms. The number of sulfonamides is 1. The van der Waals surface area contributed by atoms with Gasteiger partial charge in [-0.25, -0.2) is 8.42 Å². The molecule has 0 fully saturated rings. The molecule has 31 heavy (non-hydrogen) atoms. The fourth-order valence-electron chi connectivity index (χ4n) is 2.80. The molecule has 0 aliphatic heterocycles. The zero-order valence-corrected chi connectivity index (χ0v) is 18.8. The number of para-hydroxylation sites is 2. The number of nitrogens with one attached hydrogen (secondary N) is 2. The van der Waals surface area contributed by atoms with Gasteiger partial charge in [0.05, 0.1) is 35.5 Å². The van der Waals surface area contributed by atoms with E-state index in [2.05, 4.69) is 10.0 Å². The van der Waals surface area contributed by atoms with Gasteiger partial charge in [-0.3, -0.25) is 9.52 Å². The van der Waals surface area contributed by atoms with Crippen LogP contribution in [0.25, 0.3) is 0 Å². The third-order valence-corrected chi connectivity index (χ3v) is 6.42. The predicted molar refractivity (Wildman–Crippen MR) is 121 cm³/mol. The van der Waals surface area contributed by atoms with Crippen LogP contribution in [0.4, 0.5) is 11.4 Å². The number of amides is 1. The number of hydrogen-bond acceptors (Lipinski definition) is 5. The highest BCUT2D eigenvalue weighted by Crippen LogP contribution is 2.32. The van der Waals surface area contributed by atoms with Gasteiger partial charge in [-0.1, -0.05) is 41.4 Å². The smallest absolute Gasteiger partial charge is 0.263 e. The first-order chi connectivity index (χ1) is 14.8. The molecule has 0 aliphatic rings. The molecule has 3 aromatic carbocycles. The summed E-state index contributed by atoms with van der Waals surface area (Å²) in [5.41, 5.74) is 0.644. The summed E-state index contributed by atoms with van der Waals surface area (Å²) in [6.07, 6.45) is 0. The van der Waals surface area contributed by atoms with Crippen molar-refractivity contribution in [2.75, 3.05) is 24.3 Å². The minimum Gasteiger partial charge on any atom is -0.493 e. The molecule has 162 valence electrons. The number of carbonyl (C=O) groups is 1. The lowest BCUT2D eigenvalue weighted by Gasteiger charge is -2.14. The van der Waals surface area contributed by atoms with Crippen LogP contribution in [0.1, 0.15) is 10.4 Å². The monoisotopic (exact) mass is 480 g/mol. The van der Waals surface area contributed by atoms with Crippen LogP contribution in [0.15, 0.2) is 65.6 Å². The van der Waals surface area contributed by atoms with Crippen LogP contribution in [0.5, 0.6) is 11.5 Å². The van der Waals surface area contributed by atoms with Crippen LogP contribution in [-0.4, -0.2) is 28.5 Å². The standard InChI is InChI=1S/C21H18Cl2N2O5S/c1-29-18-9-5-6-14(20(18)30-2)21(26)24-13-10-11-16(23)19(12-13)31(27,28)25-17-8-4-3-7-15(17)22/h3-12,25H,1-2H3,(H,24,26). The summed E-state index contributed by atoms with van der Waals surface area (Å²) in [6, 6.07) is 15.4. The molecular weight excluding hydrogens is 463 g/mol. The molecular formula is C21H18Cl2N2O5S. The fraction of sp³-hybridized carbons (Fsp3) is 0.0952. The number of ether oxygens (including phenoxy) is 2. The number of methoxy groups -OCH3 is 2. The van der Waals surface area contributed by atoms with Gasteiger partial charge in [-0.05, 0) is 42.5 Å². The number of rotatable bonds is 7. The van der Waals surface area contributed by atoms with Gasteiger partial charge < -0.3 is 14.8 Å². The second-order valence-corrected chi connectivity index (χ2v) is 8.69. The van der Waals surface area contributed by atoms with Crippen LogP contribution in [0, 0.1) is 0 Å². The van der Waals surface area contributed by atoms with E-state index < -0.39 is 15.9 Å². The molecule has 0 radical (unpaired) electrons. The Balaban J connectivity index is 1.91. The molecule has 0 heterocycles. The lowest BCUT2D eigenvalue weighted by molar-refractivity contribution is 0.102. The van der Waals surface area contributed by atoms with Crippen LogP contribution < -0.4 is 19.5 Å². The van der Waals surface area contributed by atoms with Crippen molar-refractivity contribution in [3.63, 3.8) is 0 Å². The van der Waals surface area contributed by atoms with E-state index in [1.54, 1.807) is 36.4 Å². The second-order valence-electron chi connectivity index (χ2n) is 6.23. The highest BCUT2D eigenvalue weighted by molar-refractivity contribution is 7.92. The highest BCUT2D eigenvalue weighted by Gasteiger charge is 2.21. The van der Waals surface area contributed by atoms with Crippen LogP contribution in [-0.2, 0) is 10.0 Å². The first-order valence-corrected chi connectivity index (χ1v) is 11.1. The van der Waals surface area contributed by atoms with Gasteiger partial charge in [0.1, 0.15) is 4.90 Å². The maximum absolute atomic E-state index is 12.9. The second kappa shape index (κ2) is 9.47. The predicted octanol–water partition coefficient (Wildman–Crippen LogP) is 5.06. The minimum atomic E-state index is -4.08. The van der Waals surface area contributed by atoms with Crippen LogP contribution in [0.3, 0.4) is 0 Å². The third-order valence-electron chi connectivity index (χ3n) is 4.24. The molecule has 3 aromatic rings. The summed E-state index contributed by atoms with van der Waals surface area (Å²) in [5, 5.41) is 2.86. The van der Waals surface area contributed by atoms with Gasteiger partial charge in [0.2, 0.25) is 0 Å². The first kappa shape index (κ1) is 22.7. The average molecular weight is 481 g/mol. The summed E-state index contributed by atoms with van der Waals surface area (Å²) in [6.45, 7) is 0. The van der Waals surface area contributed by atoms with E-state index in [9.17, 15) is 13.2 Å². The summed E-state index contributed by atoms with van der Waals surface area (Å²) >= 11 is 12.2. The molecule has 0 atom stereocenters. The molecule has 0 aliphatic carbocycles. The Bertz CT molecular complexity index is 1230. The lowest BCUT2D eigenvalue weighted by atomic mass is 10.1. The highest BCUT2D eigenvalue weighted by atomic mass is 35.5. The van der Waals surface area contributed by atoms with E-state index >= 15 is 0 Å². The number of carbonyl (C=O) groups excluding carboxylic acids is 1. The molecule has 0 unspecified atom stereocenters. The largest absolute Gasteiger partial charge is 0.493 e. The zero-order chi connectivity index (χ0) is 22.6. The van der Waals surface area contributed by atoms with E-state index in [0.29, 0.717) is 5.75 Å². The number of benzene rings is 3. The van der Waals surface area contributed by atoms with Crippen molar-refractivity contribution in [2.45, 2.75) is 4.90 Å². The summed E-state index contributed by atoms with van der Waals surface area (Å²) < 4.78 is 38.6. The van der Waals surface area contributed by atoms with Crippen molar-refractivity contribution in [2.24, 2.45) is 0 Å². The Hall–Kier alpha value is -2.94. The first-order valence-electron chi connectivity index (χ1n) is 8.86. The molecule has 0 saturated heterocycles. The lowest BCUT2D eigenvalue weighted by Crippen LogP contribution is -2.16. The third kappa shape index (κ3) is 5.04. The summed E-state index contributed by atoms with van der Waals surface area (Å²) in [7, 11) is -1.20. The Labute approximate surface area is 189 Å². The molecule has 7 nitrogen and oxygen atoms in total. The number of anilines is 2. The molecule has 10 heteroatoms. The topological polar surface area (TPSA) is 93.7 Å². The van der Waals surface area contributed by atoms with Crippen molar-refractivity contribution in [3.05, 3.63) is 76.3 Å². The molecule has 2 N–H and O–H groups in total. The van der Waals surface area contributed by atoms with E-state index in [0.717, 1.165) is 0 Å². The van der Waals surface area contributed by atoms with Gasteiger partial charge in [-0.2, -0.15) is 0 Å². The normalized spacial score (nSPS) is 11.0. The van der Waals surface area contributed by atoms with Crippen LogP contribution >= 0.6 is 23.2 Å². The van der Waals surface area contributed by atoms with Gasteiger partial charge in [0.15, 0.2) is 11.5 Å².